The van der Waals surface area contributed by atoms with Gasteiger partial charge in [-0.2, -0.15) is 0 Å². The SMILES string of the molecule is COc1ccc([N+](=O)[O-])cc1NC(=O)C[NH2+]C(c1ccccc1)c1ccccc1. The number of carbonyl (C=O) groups is 1. The molecule has 7 heteroatoms. The van der Waals surface area contributed by atoms with Gasteiger partial charge in [-0.3, -0.25) is 14.9 Å². The van der Waals surface area contributed by atoms with E-state index in [9.17, 15) is 14.9 Å². The van der Waals surface area contributed by atoms with Gasteiger partial charge in [0.1, 0.15) is 11.8 Å². The van der Waals surface area contributed by atoms with Crippen molar-refractivity contribution in [2.45, 2.75) is 6.04 Å². The van der Waals surface area contributed by atoms with E-state index in [1.165, 1.54) is 25.3 Å². The number of nitrogens with zero attached hydrogens (tertiary/aromatic N) is 1. The molecule has 0 aliphatic heterocycles. The molecule has 0 saturated carbocycles. The van der Waals surface area contributed by atoms with Crippen molar-refractivity contribution < 1.29 is 19.8 Å². The van der Waals surface area contributed by atoms with Crippen molar-refractivity contribution in [1.82, 2.24) is 0 Å². The fourth-order valence-corrected chi connectivity index (χ4v) is 3.12. The van der Waals surface area contributed by atoms with Crippen LogP contribution in [0.5, 0.6) is 5.75 Å². The molecule has 3 N–H and O–H groups in total. The molecule has 0 aliphatic carbocycles. The van der Waals surface area contributed by atoms with E-state index in [1.807, 2.05) is 66.0 Å². The Bertz CT molecular complexity index is 938. The van der Waals surface area contributed by atoms with Gasteiger partial charge in [-0.15, -0.1) is 0 Å². The number of nitro groups is 1. The summed E-state index contributed by atoms with van der Waals surface area (Å²) in [5, 5.41) is 15.7. The molecule has 0 heterocycles. The molecule has 3 aromatic rings. The molecule has 3 aromatic carbocycles. The molecule has 0 bridgehead atoms. The van der Waals surface area contributed by atoms with Crippen molar-refractivity contribution in [2.75, 3.05) is 19.0 Å². The van der Waals surface area contributed by atoms with Gasteiger partial charge in [0, 0.05) is 23.3 Å². The number of nitro benzene ring substituents is 1. The van der Waals surface area contributed by atoms with Crippen molar-refractivity contribution in [2.24, 2.45) is 0 Å². The van der Waals surface area contributed by atoms with Gasteiger partial charge in [0.05, 0.1) is 17.7 Å². The molecular formula is C22H22N3O4+. The quantitative estimate of drug-likeness (QED) is 0.455. The standard InChI is InChI=1S/C22H21N3O4/c1-29-20-13-12-18(25(27)28)14-19(20)24-21(26)15-23-22(16-8-4-2-5-9-16)17-10-6-3-7-11-17/h2-14,22-23H,15H2,1H3,(H,24,26)/p+1. The third kappa shape index (κ3) is 5.18. The number of methoxy groups -OCH3 is 1. The minimum Gasteiger partial charge on any atom is -0.495 e. The van der Waals surface area contributed by atoms with E-state index < -0.39 is 4.92 Å². The number of benzene rings is 3. The van der Waals surface area contributed by atoms with Crippen LogP contribution in [-0.2, 0) is 4.79 Å². The number of anilines is 1. The van der Waals surface area contributed by atoms with Crippen LogP contribution in [0.15, 0.2) is 78.9 Å². The smallest absolute Gasteiger partial charge is 0.279 e. The zero-order valence-corrected chi connectivity index (χ0v) is 15.9. The van der Waals surface area contributed by atoms with Crippen molar-refractivity contribution in [3.8, 4) is 5.75 Å². The van der Waals surface area contributed by atoms with Crippen molar-refractivity contribution in [1.29, 1.82) is 0 Å². The fraction of sp³-hybridized carbons (Fsp3) is 0.136. The summed E-state index contributed by atoms with van der Waals surface area (Å²) in [4.78, 5) is 23.1. The van der Waals surface area contributed by atoms with Gasteiger partial charge >= 0.3 is 0 Å². The van der Waals surface area contributed by atoms with Gasteiger partial charge in [-0.05, 0) is 6.07 Å². The van der Waals surface area contributed by atoms with Crippen LogP contribution in [0.2, 0.25) is 0 Å². The molecule has 0 spiro atoms. The van der Waals surface area contributed by atoms with E-state index in [2.05, 4.69) is 5.32 Å². The highest BCUT2D eigenvalue weighted by Crippen LogP contribution is 2.28. The molecule has 148 valence electrons. The summed E-state index contributed by atoms with van der Waals surface area (Å²) in [5.41, 5.74) is 2.33. The van der Waals surface area contributed by atoms with Gasteiger partial charge in [0.25, 0.3) is 11.6 Å². The Morgan fingerprint density at radius 1 is 1.03 bits per heavy atom. The molecular weight excluding hydrogens is 370 g/mol. The van der Waals surface area contributed by atoms with Crippen LogP contribution in [0.1, 0.15) is 17.2 Å². The van der Waals surface area contributed by atoms with Crippen molar-refractivity contribution in [3.05, 3.63) is 100 Å². The van der Waals surface area contributed by atoms with Crippen LogP contribution in [0.3, 0.4) is 0 Å². The van der Waals surface area contributed by atoms with Crippen LogP contribution in [0.25, 0.3) is 0 Å². The van der Waals surface area contributed by atoms with Gasteiger partial charge in [0.2, 0.25) is 0 Å². The maximum absolute atomic E-state index is 12.6. The monoisotopic (exact) mass is 392 g/mol. The Balaban J connectivity index is 1.74. The zero-order chi connectivity index (χ0) is 20.6. The maximum atomic E-state index is 12.6. The second kappa shape index (κ2) is 9.48. The number of nitrogens with one attached hydrogen (secondary N) is 1. The largest absolute Gasteiger partial charge is 0.495 e. The van der Waals surface area contributed by atoms with Crippen LogP contribution < -0.4 is 15.4 Å². The molecule has 1 amide bonds. The molecule has 0 unspecified atom stereocenters. The van der Waals surface area contributed by atoms with E-state index in [1.54, 1.807) is 0 Å². The Morgan fingerprint density at radius 2 is 1.62 bits per heavy atom. The first-order valence-electron chi connectivity index (χ1n) is 9.14. The summed E-state index contributed by atoms with van der Waals surface area (Å²) in [5.74, 6) is 0.0901. The minimum atomic E-state index is -0.512. The Hall–Kier alpha value is -3.71. The lowest BCUT2D eigenvalue weighted by molar-refractivity contribution is -0.676. The molecule has 0 aromatic heterocycles. The highest BCUT2D eigenvalue weighted by Gasteiger charge is 2.20. The molecule has 0 radical (unpaired) electrons. The van der Waals surface area contributed by atoms with Crippen LogP contribution in [-0.4, -0.2) is 24.5 Å². The maximum Gasteiger partial charge on any atom is 0.279 e. The average Bonchev–Trinajstić information content (AvgIpc) is 2.75. The Labute approximate surface area is 168 Å². The number of carbonyl (C=O) groups excluding carboxylic acids is 1. The first-order valence-corrected chi connectivity index (χ1v) is 9.14. The fourth-order valence-electron chi connectivity index (χ4n) is 3.12. The predicted molar refractivity (Wildman–Crippen MR) is 110 cm³/mol. The summed E-state index contributed by atoms with van der Waals surface area (Å²) >= 11 is 0. The highest BCUT2D eigenvalue weighted by molar-refractivity contribution is 5.93. The molecule has 0 atom stereocenters. The van der Waals surface area contributed by atoms with Gasteiger partial charge in [-0.1, -0.05) is 60.7 Å². The van der Waals surface area contributed by atoms with Gasteiger partial charge in [0.15, 0.2) is 6.54 Å². The van der Waals surface area contributed by atoms with Crippen molar-refractivity contribution in [3.63, 3.8) is 0 Å². The zero-order valence-electron chi connectivity index (χ0n) is 15.9. The van der Waals surface area contributed by atoms with Crippen molar-refractivity contribution >= 4 is 17.3 Å². The summed E-state index contributed by atoms with van der Waals surface area (Å²) in [6, 6.07) is 23.9. The Kier molecular flexibility index (Phi) is 6.55. The summed E-state index contributed by atoms with van der Waals surface area (Å²) in [7, 11) is 1.45. The third-order valence-corrected chi connectivity index (χ3v) is 4.52. The second-order valence-corrected chi connectivity index (χ2v) is 6.43. The minimum absolute atomic E-state index is 0.0462. The van der Waals surface area contributed by atoms with Crippen LogP contribution in [0, 0.1) is 10.1 Å². The van der Waals surface area contributed by atoms with E-state index in [0.29, 0.717) is 5.75 Å². The Morgan fingerprint density at radius 3 is 2.14 bits per heavy atom. The number of amides is 1. The predicted octanol–water partition coefficient (Wildman–Crippen LogP) is 2.89. The summed E-state index contributed by atoms with van der Waals surface area (Å²) in [6.07, 6.45) is 0. The van der Waals surface area contributed by atoms with E-state index in [4.69, 9.17) is 4.74 Å². The molecule has 7 nitrogen and oxygen atoms in total. The molecule has 0 fully saturated rings. The van der Waals surface area contributed by atoms with E-state index in [-0.39, 0.29) is 29.9 Å². The summed E-state index contributed by atoms with van der Waals surface area (Å²) in [6.45, 7) is 0.139. The molecule has 0 saturated heterocycles. The third-order valence-electron chi connectivity index (χ3n) is 4.52. The number of quaternary nitrogens is 1. The van der Waals surface area contributed by atoms with Gasteiger partial charge in [-0.25, -0.2) is 0 Å². The lowest BCUT2D eigenvalue weighted by Crippen LogP contribution is -2.87. The molecule has 3 rings (SSSR count). The van der Waals surface area contributed by atoms with Gasteiger partial charge < -0.3 is 15.4 Å². The molecule has 0 aliphatic rings. The number of nitrogens with two attached hydrogens (primary N) is 1. The van der Waals surface area contributed by atoms with E-state index >= 15 is 0 Å². The first kappa shape index (κ1) is 20.0. The topological polar surface area (TPSA) is 98.1 Å². The van der Waals surface area contributed by atoms with Crippen LogP contribution >= 0.6 is 0 Å². The number of hydrogen-bond acceptors (Lipinski definition) is 4. The highest BCUT2D eigenvalue weighted by atomic mass is 16.6. The van der Waals surface area contributed by atoms with E-state index in [0.717, 1.165) is 11.1 Å². The average molecular weight is 392 g/mol. The number of non-ortho nitro benzene ring substituents is 1. The number of ether oxygens (including phenoxy) is 1. The van der Waals surface area contributed by atoms with Crippen LogP contribution in [0.4, 0.5) is 11.4 Å². The first-order chi connectivity index (χ1) is 14.1. The molecule has 29 heavy (non-hydrogen) atoms. The normalized spacial score (nSPS) is 10.6. The lowest BCUT2D eigenvalue weighted by atomic mass is 9.99. The lowest BCUT2D eigenvalue weighted by Gasteiger charge is -2.17. The number of hydrogen-bond donors (Lipinski definition) is 2. The number of rotatable bonds is 8. The summed E-state index contributed by atoms with van der Waals surface area (Å²) < 4.78 is 5.20. The second-order valence-electron chi connectivity index (χ2n) is 6.43.